The van der Waals surface area contributed by atoms with Crippen LogP contribution in [-0.2, 0) is 9.59 Å². The van der Waals surface area contributed by atoms with Crippen LogP contribution in [0.2, 0.25) is 0 Å². The number of likely N-dealkylation sites (tertiary alicyclic amines) is 1. The summed E-state index contributed by atoms with van der Waals surface area (Å²) in [6.45, 7) is 3.29. The number of piperidine rings is 1. The number of hydrogen-bond acceptors (Lipinski definition) is 9. The van der Waals surface area contributed by atoms with Gasteiger partial charge >= 0.3 is 24.3 Å². The van der Waals surface area contributed by atoms with Crippen LogP contribution in [0.1, 0.15) is 12.8 Å². The SMILES string of the molecule is COc1cc(N2CC3(CC(COc4ncccc4F)CCN3C)C2)ncn1.O=C(O)C(F)(F)F.O=C(O)C(F)(F)F. The number of likely N-dealkylation sites (N-methyl/N-ethyl adjacent to an activating group) is 1. The summed E-state index contributed by atoms with van der Waals surface area (Å²) in [5.41, 5.74) is 0.104. The Morgan fingerprint density at radius 3 is 2.17 bits per heavy atom. The van der Waals surface area contributed by atoms with Crippen LogP contribution in [0.5, 0.6) is 11.8 Å². The van der Waals surface area contributed by atoms with Crippen LogP contribution in [0, 0.1) is 11.7 Å². The van der Waals surface area contributed by atoms with E-state index in [-0.39, 0.29) is 11.4 Å². The standard InChI is InChI=1S/C19H24FN5O2.2C2HF3O2/c1-24-7-5-14(10-27-18-15(20)4-3-6-21-18)9-19(24)11-25(12-19)16-8-17(26-2)23-13-22-16;2*3-2(4,5)1(6)7/h3-4,6,8,13-14H,5,7,9-12H2,1-2H3;2*(H,6,7). The molecule has 1 atom stereocenters. The summed E-state index contributed by atoms with van der Waals surface area (Å²) >= 11 is 0. The fraction of sp³-hybridized carbons (Fsp3) is 0.522. The van der Waals surface area contributed by atoms with Gasteiger partial charge in [0.1, 0.15) is 12.1 Å². The van der Waals surface area contributed by atoms with Gasteiger partial charge in [0.2, 0.25) is 11.8 Å². The summed E-state index contributed by atoms with van der Waals surface area (Å²) in [7, 11) is 3.78. The fourth-order valence-electron chi connectivity index (χ4n) is 4.04. The Hall–Kier alpha value is -3.96. The van der Waals surface area contributed by atoms with E-state index in [2.05, 4.69) is 31.8 Å². The molecule has 0 bridgehead atoms. The van der Waals surface area contributed by atoms with Crippen molar-refractivity contribution in [3.63, 3.8) is 0 Å². The molecule has 2 N–H and O–H groups in total. The predicted molar refractivity (Wildman–Crippen MR) is 126 cm³/mol. The van der Waals surface area contributed by atoms with Crippen LogP contribution in [0.4, 0.5) is 36.6 Å². The zero-order valence-electron chi connectivity index (χ0n) is 21.6. The molecule has 2 saturated heterocycles. The molecular weight excluding hydrogens is 575 g/mol. The van der Waals surface area contributed by atoms with Gasteiger partial charge in [-0.05, 0) is 44.5 Å². The van der Waals surface area contributed by atoms with E-state index in [0.717, 1.165) is 38.3 Å². The van der Waals surface area contributed by atoms with Gasteiger partial charge in [-0.3, -0.25) is 4.90 Å². The van der Waals surface area contributed by atoms with E-state index in [1.165, 1.54) is 12.4 Å². The van der Waals surface area contributed by atoms with Gasteiger partial charge in [0.25, 0.3) is 0 Å². The van der Waals surface area contributed by atoms with Crippen molar-refractivity contribution in [2.45, 2.75) is 30.7 Å². The van der Waals surface area contributed by atoms with Gasteiger partial charge < -0.3 is 24.6 Å². The molecular formula is C23H26F7N5O6. The molecule has 0 aliphatic carbocycles. The summed E-state index contributed by atoms with van der Waals surface area (Å²) in [6, 6.07) is 4.80. The third-order valence-electron chi connectivity index (χ3n) is 6.15. The van der Waals surface area contributed by atoms with Gasteiger partial charge in [-0.2, -0.15) is 26.3 Å². The third-order valence-corrected chi connectivity index (χ3v) is 6.15. The molecule has 4 heterocycles. The van der Waals surface area contributed by atoms with Crippen molar-refractivity contribution >= 4 is 17.8 Å². The second-order valence-corrected chi connectivity index (χ2v) is 8.99. The Kier molecular flexibility index (Phi) is 11.0. The number of alkyl halides is 6. The lowest BCUT2D eigenvalue weighted by Gasteiger charge is -2.58. The summed E-state index contributed by atoms with van der Waals surface area (Å²) in [5.74, 6) is -4.00. The number of rotatable bonds is 5. The van der Waals surface area contributed by atoms with E-state index in [1.807, 2.05) is 6.07 Å². The Morgan fingerprint density at radius 2 is 1.66 bits per heavy atom. The minimum atomic E-state index is -5.08. The molecule has 2 aliphatic rings. The van der Waals surface area contributed by atoms with Gasteiger partial charge in [0.15, 0.2) is 5.82 Å². The van der Waals surface area contributed by atoms with Crippen molar-refractivity contribution in [2.24, 2.45) is 5.92 Å². The number of halogens is 7. The minimum Gasteiger partial charge on any atom is -0.481 e. The number of carboxylic acid groups (broad SMARTS) is 2. The highest BCUT2D eigenvalue weighted by Crippen LogP contribution is 2.40. The summed E-state index contributed by atoms with van der Waals surface area (Å²) in [5, 5.41) is 14.2. The van der Waals surface area contributed by atoms with Crippen LogP contribution in [0.25, 0.3) is 0 Å². The monoisotopic (exact) mass is 601 g/mol. The number of anilines is 1. The topological polar surface area (TPSA) is 138 Å². The van der Waals surface area contributed by atoms with Crippen molar-refractivity contribution in [1.29, 1.82) is 0 Å². The van der Waals surface area contributed by atoms with E-state index < -0.39 is 30.1 Å². The molecule has 2 fully saturated rings. The number of aromatic nitrogens is 3. The van der Waals surface area contributed by atoms with Crippen molar-refractivity contribution in [2.75, 3.05) is 45.3 Å². The van der Waals surface area contributed by atoms with Crippen LogP contribution < -0.4 is 14.4 Å². The predicted octanol–water partition coefficient (Wildman–Crippen LogP) is 3.27. The Labute approximate surface area is 228 Å². The van der Waals surface area contributed by atoms with Crippen LogP contribution in [0.3, 0.4) is 0 Å². The van der Waals surface area contributed by atoms with E-state index in [0.29, 0.717) is 18.4 Å². The zero-order valence-corrected chi connectivity index (χ0v) is 21.6. The number of carbonyl (C=O) groups is 2. The molecule has 0 amide bonds. The normalized spacial score (nSPS) is 18.2. The highest BCUT2D eigenvalue weighted by atomic mass is 19.4. The molecule has 18 heteroatoms. The number of methoxy groups -OCH3 is 1. The second-order valence-electron chi connectivity index (χ2n) is 8.99. The van der Waals surface area contributed by atoms with Crippen molar-refractivity contribution in [1.82, 2.24) is 19.9 Å². The van der Waals surface area contributed by atoms with E-state index in [1.54, 1.807) is 19.4 Å². The van der Waals surface area contributed by atoms with Crippen LogP contribution >= 0.6 is 0 Å². The number of carboxylic acids is 2. The number of pyridine rings is 1. The maximum absolute atomic E-state index is 13.7. The first-order chi connectivity index (χ1) is 19.0. The van der Waals surface area contributed by atoms with Crippen molar-refractivity contribution < 1.29 is 60.0 Å². The molecule has 41 heavy (non-hydrogen) atoms. The first kappa shape index (κ1) is 33.2. The number of aliphatic carboxylic acids is 2. The van der Waals surface area contributed by atoms with E-state index >= 15 is 0 Å². The quantitative estimate of drug-likeness (QED) is 0.489. The van der Waals surface area contributed by atoms with Crippen LogP contribution in [-0.4, -0.2) is 100 Å². The lowest BCUT2D eigenvalue weighted by molar-refractivity contribution is -0.193. The number of hydrogen-bond donors (Lipinski definition) is 2. The Morgan fingerprint density at radius 1 is 1.07 bits per heavy atom. The minimum absolute atomic E-state index is 0.0915. The van der Waals surface area contributed by atoms with Gasteiger partial charge in [-0.25, -0.2) is 28.9 Å². The average molecular weight is 601 g/mol. The highest BCUT2D eigenvalue weighted by molar-refractivity contribution is 5.73. The Balaban J connectivity index is 0.000000349. The second kappa shape index (κ2) is 13.6. The number of nitrogens with zero attached hydrogens (tertiary/aromatic N) is 5. The average Bonchev–Trinajstić information content (AvgIpc) is 2.87. The van der Waals surface area contributed by atoms with Crippen molar-refractivity contribution in [3.05, 3.63) is 36.5 Å². The molecule has 0 radical (unpaired) electrons. The van der Waals surface area contributed by atoms with E-state index in [4.69, 9.17) is 29.3 Å². The van der Waals surface area contributed by atoms with Gasteiger partial charge in [-0.1, -0.05) is 0 Å². The fourth-order valence-corrected chi connectivity index (χ4v) is 4.04. The molecule has 2 aromatic heterocycles. The smallest absolute Gasteiger partial charge is 0.481 e. The molecule has 0 saturated carbocycles. The molecule has 4 rings (SSSR count). The lowest BCUT2D eigenvalue weighted by atomic mass is 9.75. The lowest BCUT2D eigenvalue weighted by Crippen LogP contribution is -2.72. The van der Waals surface area contributed by atoms with Gasteiger partial charge in [0, 0.05) is 25.4 Å². The Bertz CT molecular complexity index is 1150. The summed E-state index contributed by atoms with van der Waals surface area (Å²) < 4.78 is 88.0. The molecule has 2 aromatic rings. The molecule has 0 aromatic carbocycles. The third kappa shape index (κ3) is 9.58. The zero-order chi connectivity index (χ0) is 31.0. The first-order valence-corrected chi connectivity index (χ1v) is 11.6. The largest absolute Gasteiger partial charge is 0.490 e. The molecule has 1 unspecified atom stereocenters. The molecule has 228 valence electrons. The first-order valence-electron chi connectivity index (χ1n) is 11.6. The number of ether oxygens (including phenoxy) is 2. The van der Waals surface area contributed by atoms with Gasteiger partial charge in [-0.15, -0.1) is 0 Å². The van der Waals surface area contributed by atoms with Crippen molar-refractivity contribution in [3.8, 4) is 11.8 Å². The van der Waals surface area contributed by atoms with E-state index in [9.17, 15) is 30.7 Å². The molecule has 11 nitrogen and oxygen atoms in total. The highest BCUT2D eigenvalue weighted by Gasteiger charge is 2.50. The maximum Gasteiger partial charge on any atom is 0.490 e. The van der Waals surface area contributed by atoms with Crippen LogP contribution in [0.15, 0.2) is 30.7 Å². The summed E-state index contributed by atoms with van der Waals surface area (Å²) in [6.07, 6.45) is -5.04. The van der Waals surface area contributed by atoms with Gasteiger partial charge in [0.05, 0.1) is 19.3 Å². The molecule has 1 spiro atoms. The molecule has 2 aliphatic heterocycles. The summed E-state index contributed by atoms with van der Waals surface area (Å²) in [4.78, 5) is 34.9. The maximum atomic E-state index is 13.7.